The van der Waals surface area contributed by atoms with Crippen molar-refractivity contribution in [3.63, 3.8) is 0 Å². The second-order valence-corrected chi connectivity index (χ2v) is 9.77. The lowest BCUT2D eigenvalue weighted by atomic mass is 10.1. The van der Waals surface area contributed by atoms with Crippen molar-refractivity contribution in [2.24, 2.45) is 5.92 Å². The fourth-order valence-corrected chi connectivity index (χ4v) is 5.08. The van der Waals surface area contributed by atoms with Gasteiger partial charge in [-0.25, -0.2) is 14.6 Å². The molecule has 0 amide bonds. The Morgan fingerprint density at radius 3 is 2.81 bits per heavy atom. The zero-order chi connectivity index (χ0) is 22.7. The summed E-state index contributed by atoms with van der Waals surface area (Å²) < 4.78 is 14.4. The standard InChI is InChI=1S/C22H31N7O2S/c1-5-7-11-24-19-16-20(26-21(25-19)32-12-6-2)29(28-27-16)15-13-14(9-8-10-23)17-18(15)31-22(3,4)30-17/h8-9,14-15,17-18H,5-7,11-13H2,1-4H3,(H,24,25,26)/t14-,15+,17+,18-/m0/s1. The van der Waals surface area contributed by atoms with Gasteiger partial charge in [0.05, 0.1) is 18.2 Å². The van der Waals surface area contributed by atoms with Crippen molar-refractivity contribution in [3.05, 3.63) is 12.2 Å². The Balaban J connectivity index is 1.72. The minimum Gasteiger partial charge on any atom is -0.368 e. The van der Waals surface area contributed by atoms with Crippen LogP contribution >= 0.6 is 11.8 Å². The SMILES string of the molecule is CCCCNc1nc(SCCC)nc2c1nnn2[C@@H]1C[C@H](C=CC#N)[C@H]2OC(C)(C)O[C@H]21. The third kappa shape index (κ3) is 4.60. The molecule has 2 fully saturated rings. The lowest BCUT2D eigenvalue weighted by Gasteiger charge is -2.22. The van der Waals surface area contributed by atoms with E-state index >= 15 is 0 Å². The highest BCUT2D eigenvalue weighted by Gasteiger charge is 2.54. The van der Waals surface area contributed by atoms with Gasteiger partial charge >= 0.3 is 0 Å². The number of unbranched alkanes of at least 4 members (excludes halogenated alkanes) is 1. The summed E-state index contributed by atoms with van der Waals surface area (Å²) in [6.45, 7) is 8.97. The highest BCUT2D eigenvalue weighted by Crippen LogP contribution is 2.47. The van der Waals surface area contributed by atoms with Crippen LogP contribution in [0.25, 0.3) is 11.2 Å². The molecule has 4 atom stereocenters. The molecule has 1 aliphatic heterocycles. The molecule has 0 bridgehead atoms. The molecule has 2 aliphatic rings. The van der Waals surface area contributed by atoms with E-state index in [0.717, 1.165) is 49.0 Å². The number of nitrogens with one attached hydrogen (secondary N) is 1. The van der Waals surface area contributed by atoms with Gasteiger partial charge in [-0.1, -0.05) is 43.3 Å². The lowest BCUT2D eigenvalue weighted by molar-refractivity contribution is -0.158. The largest absolute Gasteiger partial charge is 0.368 e. The molecule has 0 radical (unpaired) electrons. The minimum absolute atomic E-state index is 0.0589. The summed E-state index contributed by atoms with van der Waals surface area (Å²) in [7, 11) is 0. The molecule has 2 aromatic heterocycles. The fourth-order valence-electron chi connectivity index (χ4n) is 4.38. The monoisotopic (exact) mass is 457 g/mol. The van der Waals surface area contributed by atoms with E-state index in [4.69, 9.17) is 24.7 Å². The summed E-state index contributed by atoms with van der Waals surface area (Å²) in [5.41, 5.74) is 1.38. The number of anilines is 1. The third-order valence-corrected chi connectivity index (χ3v) is 6.82. The van der Waals surface area contributed by atoms with Gasteiger partial charge in [0.2, 0.25) is 0 Å². The molecule has 1 aliphatic carbocycles. The molecule has 1 saturated heterocycles. The molecule has 10 heteroatoms. The maximum Gasteiger partial charge on any atom is 0.191 e. The molecule has 0 unspecified atom stereocenters. The van der Waals surface area contributed by atoms with Gasteiger partial charge in [-0.15, -0.1) is 5.10 Å². The van der Waals surface area contributed by atoms with E-state index in [1.807, 2.05) is 24.6 Å². The average molecular weight is 458 g/mol. The van der Waals surface area contributed by atoms with Crippen molar-refractivity contribution in [2.45, 2.75) is 82.6 Å². The van der Waals surface area contributed by atoms with Crippen LogP contribution in [0.1, 0.15) is 59.4 Å². The highest BCUT2D eigenvalue weighted by molar-refractivity contribution is 7.99. The quantitative estimate of drug-likeness (QED) is 0.257. The lowest BCUT2D eigenvalue weighted by Crippen LogP contribution is -2.28. The predicted octanol–water partition coefficient (Wildman–Crippen LogP) is 4.10. The topological polar surface area (TPSA) is 111 Å². The molecule has 172 valence electrons. The third-order valence-electron chi connectivity index (χ3n) is 5.77. The van der Waals surface area contributed by atoms with Crippen molar-refractivity contribution < 1.29 is 9.47 Å². The fraction of sp³-hybridized carbons (Fsp3) is 0.682. The van der Waals surface area contributed by atoms with E-state index in [2.05, 4.69) is 35.5 Å². The first-order chi connectivity index (χ1) is 15.5. The van der Waals surface area contributed by atoms with Crippen LogP contribution in [-0.2, 0) is 9.47 Å². The van der Waals surface area contributed by atoms with E-state index in [-0.39, 0.29) is 24.2 Å². The average Bonchev–Trinajstić information content (AvgIpc) is 3.41. The molecule has 0 aromatic carbocycles. The van der Waals surface area contributed by atoms with Crippen molar-refractivity contribution in [1.29, 1.82) is 5.26 Å². The second-order valence-electron chi connectivity index (χ2n) is 8.71. The van der Waals surface area contributed by atoms with Crippen LogP contribution in [0.5, 0.6) is 0 Å². The van der Waals surface area contributed by atoms with E-state index in [0.29, 0.717) is 11.2 Å². The van der Waals surface area contributed by atoms with Gasteiger partial charge < -0.3 is 14.8 Å². The number of nitriles is 1. The molecule has 1 N–H and O–H groups in total. The number of rotatable bonds is 9. The number of allylic oxidation sites excluding steroid dienone is 1. The van der Waals surface area contributed by atoms with Crippen LogP contribution in [0.3, 0.4) is 0 Å². The first-order valence-electron chi connectivity index (χ1n) is 11.4. The van der Waals surface area contributed by atoms with E-state index < -0.39 is 5.79 Å². The Morgan fingerprint density at radius 2 is 2.06 bits per heavy atom. The Morgan fingerprint density at radius 1 is 1.25 bits per heavy atom. The Bertz CT molecular complexity index is 1020. The number of thioether (sulfide) groups is 1. The van der Waals surface area contributed by atoms with Crippen molar-refractivity contribution >= 4 is 28.7 Å². The Hall–Kier alpha value is -2.22. The summed E-state index contributed by atoms with van der Waals surface area (Å²) in [5, 5.41) is 22.1. The molecular formula is C22H31N7O2S. The summed E-state index contributed by atoms with van der Waals surface area (Å²) in [6.07, 6.45) is 7.03. The second kappa shape index (κ2) is 9.73. The molecule has 1 saturated carbocycles. The van der Waals surface area contributed by atoms with Crippen molar-refractivity contribution in [1.82, 2.24) is 25.0 Å². The summed E-state index contributed by atoms with van der Waals surface area (Å²) >= 11 is 1.64. The zero-order valence-electron chi connectivity index (χ0n) is 19.1. The number of ether oxygens (including phenoxy) is 2. The number of fused-ring (bicyclic) bond motifs is 2. The van der Waals surface area contributed by atoms with Crippen LogP contribution in [0.2, 0.25) is 0 Å². The van der Waals surface area contributed by atoms with Crippen LogP contribution in [0.4, 0.5) is 5.82 Å². The molecular weight excluding hydrogens is 426 g/mol. The van der Waals surface area contributed by atoms with Gasteiger partial charge in [0.25, 0.3) is 0 Å². The molecule has 2 aromatic rings. The molecule has 4 rings (SSSR count). The summed E-state index contributed by atoms with van der Waals surface area (Å²) in [4.78, 5) is 9.54. The van der Waals surface area contributed by atoms with Gasteiger partial charge in [0, 0.05) is 24.3 Å². The minimum atomic E-state index is -0.687. The normalized spacial score (nSPS) is 26.6. The smallest absolute Gasteiger partial charge is 0.191 e. The number of aromatic nitrogens is 5. The van der Waals surface area contributed by atoms with E-state index in [9.17, 15) is 0 Å². The predicted molar refractivity (Wildman–Crippen MR) is 123 cm³/mol. The maximum absolute atomic E-state index is 9.02. The van der Waals surface area contributed by atoms with Crippen molar-refractivity contribution in [3.8, 4) is 6.07 Å². The molecule has 32 heavy (non-hydrogen) atoms. The molecule has 9 nitrogen and oxygen atoms in total. The number of nitrogens with zero attached hydrogens (tertiary/aromatic N) is 6. The van der Waals surface area contributed by atoms with Crippen LogP contribution < -0.4 is 5.32 Å². The van der Waals surface area contributed by atoms with Crippen molar-refractivity contribution in [2.75, 3.05) is 17.6 Å². The zero-order valence-corrected chi connectivity index (χ0v) is 19.9. The number of hydrogen-bond donors (Lipinski definition) is 1. The van der Waals surface area contributed by atoms with Crippen LogP contribution in [0, 0.1) is 17.2 Å². The van der Waals surface area contributed by atoms with Gasteiger partial charge in [-0.05, 0) is 33.1 Å². The van der Waals surface area contributed by atoms with E-state index in [1.165, 1.54) is 6.08 Å². The van der Waals surface area contributed by atoms with Gasteiger partial charge in [0.15, 0.2) is 27.9 Å². The van der Waals surface area contributed by atoms with E-state index in [1.54, 1.807) is 11.8 Å². The first-order valence-corrected chi connectivity index (χ1v) is 12.4. The van der Waals surface area contributed by atoms with Crippen LogP contribution in [0.15, 0.2) is 17.3 Å². The maximum atomic E-state index is 9.02. The Kier molecular flexibility index (Phi) is 6.98. The highest BCUT2D eigenvalue weighted by atomic mass is 32.2. The number of hydrogen-bond acceptors (Lipinski definition) is 9. The van der Waals surface area contributed by atoms with Gasteiger partial charge in [0.1, 0.15) is 6.10 Å². The van der Waals surface area contributed by atoms with Crippen LogP contribution in [-0.4, -0.2) is 55.3 Å². The molecule has 0 spiro atoms. The first kappa shape index (κ1) is 23.0. The Labute approximate surface area is 193 Å². The van der Waals surface area contributed by atoms with Gasteiger partial charge in [-0.3, -0.25) is 0 Å². The summed E-state index contributed by atoms with van der Waals surface area (Å²) in [5.74, 6) is 1.05. The molecule has 3 heterocycles. The van der Waals surface area contributed by atoms with Gasteiger partial charge in [-0.2, -0.15) is 5.26 Å². The summed E-state index contributed by atoms with van der Waals surface area (Å²) in [6, 6.07) is 2.00.